The van der Waals surface area contributed by atoms with Gasteiger partial charge in [-0.15, -0.1) is 15.3 Å². The predicted octanol–water partition coefficient (Wildman–Crippen LogP) is 3.95. The van der Waals surface area contributed by atoms with Gasteiger partial charge in [0.1, 0.15) is 42.7 Å². The molecule has 1 aliphatic rings. The Balaban J connectivity index is 1.25. The van der Waals surface area contributed by atoms with Crippen molar-refractivity contribution >= 4 is 0 Å². The van der Waals surface area contributed by atoms with Crippen molar-refractivity contribution in [3.05, 3.63) is 108 Å². The van der Waals surface area contributed by atoms with Gasteiger partial charge < -0.3 is 19.7 Å². The molecule has 4 unspecified atom stereocenters. The molecule has 3 aromatic carbocycles. The summed E-state index contributed by atoms with van der Waals surface area (Å²) >= 11 is 0. The maximum absolute atomic E-state index is 13.8. The smallest absolute Gasteiger partial charge is 0.194 e. The molecule has 0 bridgehead atoms. The monoisotopic (exact) mass is 578 g/mol. The van der Waals surface area contributed by atoms with Crippen LogP contribution in [0.3, 0.4) is 0 Å². The molecule has 0 spiro atoms. The van der Waals surface area contributed by atoms with E-state index in [0.717, 1.165) is 17.7 Å². The van der Waals surface area contributed by atoms with Crippen molar-refractivity contribution in [3.63, 3.8) is 0 Å². The fourth-order valence-corrected chi connectivity index (χ4v) is 4.94. The number of hydrogen-bond acceptors (Lipinski definition) is 8. The largest absolute Gasteiger partial charge is 0.489 e. The highest BCUT2D eigenvalue weighted by molar-refractivity contribution is 5.58. The summed E-state index contributed by atoms with van der Waals surface area (Å²) in [6.45, 7) is -0.110. The molecule has 2 N–H and O–H groups in total. The van der Waals surface area contributed by atoms with Crippen LogP contribution in [0, 0.1) is 17.5 Å². The minimum atomic E-state index is -1.59. The first-order valence-electron chi connectivity index (χ1n) is 13.1. The Kier molecular flexibility index (Phi) is 7.69. The van der Waals surface area contributed by atoms with E-state index in [2.05, 4.69) is 20.5 Å². The van der Waals surface area contributed by atoms with Crippen molar-refractivity contribution in [2.24, 2.45) is 0 Å². The zero-order valence-corrected chi connectivity index (χ0v) is 22.0. The highest BCUT2D eigenvalue weighted by Crippen LogP contribution is 2.38. The first kappa shape index (κ1) is 27.6. The van der Waals surface area contributed by atoms with Crippen LogP contribution in [-0.2, 0) is 11.3 Å². The third kappa shape index (κ3) is 5.49. The molecule has 0 saturated carbocycles. The van der Waals surface area contributed by atoms with Gasteiger partial charge in [-0.1, -0.05) is 41.6 Å². The van der Waals surface area contributed by atoms with Crippen molar-refractivity contribution in [1.82, 2.24) is 29.8 Å². The Labute approximate surface area is 237 Å². The third-order valence-electron chi connectivity index (χ3n) is 7.09. The van der Waals surface area contributed by atoms with Crippen LogP contribution in [0.5, 0.6) is 5.75 Å². The van der Waals surface area contributed by atoms with E-state index in [0.29, 0.717) is 23.9 Å². The molecule has 6 rings (SSSR count). The number of ether oxygens (including phenoxy) is 2. The minimum absolute atomic E-state index is 0.0245. The van der Waals surface area contributed by atoms with Crippen molar-refractivity contribution in [2.45, 2.75) is 37.4 Å². The number of benzene rings is 3. The summed E-state index contributed by atoms with van der Waals surface area (Å²) in [6, 6.07) is 18.0. The molecule has 13 heteroatoms. The standard InChI is InChI=1S/C29H25F3N6O4/c30-21-9-18(10-22(31)27(21)32)23-13-38(36-34-23)24-12-25(42-26(14-39)28(24)40)29-35-33-16-37(29)19-7-4-8-20(11-19)41-15-17-5-2-1-3-6-17/h1-11,13,16,24-26,28,39-40H,12,14-15H2. The zero-order chi connectivity index (χ0) is 29.2. The van der Waals surface area contributed by atoms with Gasteiger partial charge in [0.25, 0.3) is 0 Å². The summed E-state index contributed by atoms with van der Waals surface area (Å²) in [5, 5.41) is 37.3. The Morgan fingerprint density at radius 2 is 1.76 bits per heavy atom. The van der Waals surface area contributed by atoms with Crippen molar-refractivity contribution in [3.8, 4) is 22.7 Å². The van der Waals surface area contributed by atoms with Crippen LogP contribution in [0.15, 0.2) is 79.3 Å². The number of rotatable bonds is 8. The maximum atomic E-state index is 13.8. The average molecular weight is 579 g/mol. The molecule has 1 fully saturated rings. The normalized spacial score (nSPS) is 20.5. The van der Waals surface area contributed by atoms with Gasteiger partial charge in [-0.05, 0) is 29.8 Å². The summed E-state index contributed by atoms with van der Waals surface area (Å²) in [4.78, 5) is 0. The summed E-state index contributed by atoms with van der Waals surface area (Å²) in [5.41, 5.74) is 1.77. The second-order valence-corrected chi connectivity index (χ2v) is 9.81. The molecule has 4 atom stereocenters. The highest BCUT2D eigenvalue weighted by Gasteiger charge is 2.41. The summed E-state index contributed by atoms with van der Waals surface area (Å²) in [7, 11) is 0. The van der Waals surface area contributed by atoms with E-state index in [9.17, 15) is 23.4 Å². The SMILES string of the molecule is OCC1OC(c2nncn2-c2cccc(OCc3ccccc3)c2)CC(n2cc(-c3cc(F)c(F)c(F)c3)nn2)C1O. The fourth-order valence-electron chi connectivity index (χ4n) is 4.94. The molecule has 3 heterocycles. The second-order valence-electron chi connectivity index (χ2n) is 9.81. The van der Waals surface area contributed by atoms with Gasteiger partial charge in [-0.25, -0.2) is 17.9 Å². The van der Waals surface area contributed by atoms with Gasteiger partial charge >= 0.3 is 0 Å². The predicted molar refractivity (Wildman–Crippen MR) is 142 cm³/mol. The van der Waals surface area contributed by atoms with Gasteiger partial charge in [0, 0.05) is 18.1 Å². The number of hydrogen-bond donors (Lipinski definition) is 2. The molecular weight excluding hydrogens is 553 g/mol. The van der Waals surface area contributed by atoms with E-state index < -0.39 is 48.4 Å². The minimum Gasteiger partial charge on any atom is -0.489 e. The average Bonchev–Trinajstić information content (AvgIpc) is 3.70. The van der Waals surface area contributed by atoms with Crippen molar-refractivity contribution in [2.75, 3.05) is 6.61 Å². The Bertz CT molecular complexity index is 1660. The first-order chi connectivity index (χ1) is 20.4. The third-order valence-corrected chi connectivity index (χ3v) is 7.09. The van der Waals surface area contributed by atoms with Gasteiger partial charge in [0.05, 0.1) is 24.5 Å². The quantitative estimate of drug-likeness (QED) is 0.266. The second kappa shape index (κ2) is 11.7. The van der Waals surface area contributed by atoms with Crippen LogP contribution in [0.25, 0.3) is 16.9 Å². The first-order valence-corrected chi connectivity index (χ1v) is 13.1. The van der Waals surface area contributed by atoms with Crippen LogP contribution in [0.2, 0.25) is 0 Å². The molecule has 42 heavy (non-hydrogen) atoms. The fraction of sp³-hybridized carbons (Fsp3) is 0.241. The van der Waals surface area contributed by atoms with Crippen molar-refractivity contribution in [1.29, 1.82) is 0 Å². The van der Waals surface area contributed by atoms with E-state index >= 15 is 0 Å². The van der Waals surface area contributed by atoms with Crippen LogP contribution in [0.4, 0.5) is 13.2 Å². The number of aliphatic hydroxyl groups is 2. The lowest BCUT2D eigenvalue weighted by Gasteiger charge is -2.38. The summed E-state index contributed by atoms with van der Waals surface area (Å²) in [6.07, 6.45) is 0.111. The van der Waals surface area contributed by atoms with Gasteiger partial charge in [0.15, 0.2) is 23.3 Å². The van der Waals surface area contributed by atoms with Gasteiger partial charge in [-0.3, -0.25) is 4.57 Å². The lowest BCUT2D eigenvalue weighted by Crippen LogP contribution is -2.45. The number of nitrogens with zero attached hydrogens (tertiary/aromatic N) is 6. The molecule has 0 aliphatic carbocycles. The molecule has 10 nitrogen and oxygen atoms in total. The van der Waals surface area contributed by atoms with E-state index in [1.807, 2.05) is 54.6 Å². The van der Waals surface area contributed by atoms with Gasteiger partial charge in [-0.2, -0.15) is 0 Å². The van der Waals surface area contributed by atoms with Gasteiger partial charge in [0.2, 0.25) is 0 Å². The summed E-state index contributed by atoms with van der Waals surface area (Å²) < 4.78 is 56.1. The molecule has 1 saturated heterocycles. The van der Waals surface area contributed by atoms with Crippen LogP contribution in [0.1, 0.15) is 30.0 Å². The molecule has 5 aromatic rings. The zero-order valence-electron chi connectivity index (χ0n) is 22.0. The van der Waals surface area contributed by atoms with Crippen LogP contribution in [-0.4, -0.2) is 58.8 Å². The number of aliphatic hydroxyl groups excluding tert-OH is 2. The molecule has 0 amide bonds. The van der Waals surface area contributed by atoms with E-state index in [-0.39, 0.29) is 17.7 Å². The number of halogens is 3. The molecule has 0 radical (unpaired) electrons. The van der Waals surface area contributed by atoms with Crippen molar-refractivity contribution < 1.29 is 32.9 Å². The Morgan fingerprint density at radius 1 is 0.976 bits per heavy atom. The lowest BCUT2D eigenvalue weighted by atomic mass is 9.95. The molecular formula is C29H25F3N6O4. The summed E-state index contributed by atoms with van der Waals surface area (Å²) in [5.74, 6) is -3.27. The molecule has 1 aliphatic heterocycles. The number of aromatic nitrogens is 6. The van der Waals surface area contributed by atoms with E-state index in [4.69, 9.17) is 9.47 Å². The van der Waals surface area contributed by atoms with Crippen LogP contribution >= 0.6 is 0 Å². The Hall–Kier alpha value is -4.59. The molecule has 216 valence electrons. The maximum Gasteiger partial charge on any atom is 0.194 e. The Morgan fingerprint density at radius 3 is 2.52 bits per heavy atom. The molecule has 2 aromatic heterocycles. The van der Waals surface area contributed by atoms with E-state index in [1.54, 1.807) is 4.57 Å². The van der Waals surface area contributed by atoms with Crippen LogP contribution < -0.4 is 4.74 Å². The van der Waals surface area contributed by atoms with E-state index in [1.165, 1.54) is 17.2 Å². The highest BCUT2D eigenvalue weighted by atomic mass is 19.2. The lowest BCUT2D eigenvalue weighted by molar-refractivity contribution is -0.161. The topological polar surface area (TPSA) is 120 Å².